The molecule has 0 aliphatic carbocycles. The molecule has 23 heavy (non-hydrogen) atoms. The van der Waals surface area contributed by atoms with Crippen LogP contribution >= 0.6 is 0 Å². The number of hydrogen-bond acceptors (Lipinski definition) is 3. The molecule has 0 amide bonds. The Morgan fingerprint density at radius 3 is 2.39 bits per heavy atom. The van der Waals surface area contributed by atoms with Gasteiger partial charge in [-0.3, -0.25) is 4.72 Å². The van der Waals surface area contributed by atoms with Crippen LogP contribution in [0.3, 0.4) is 0 Å². The van der Waals surface area contributed by atoms with E-state index in [1.807, 2.05) is 25.1 Å². The third kappa shape index (κ3) is 3.27. The summed E-state index contributed by atoms with van der Waals surface area (Å²) in [6, 6.07) is 12.4. The lowest BCUT2D eigenvalue weighted by Gasteiger charge is -2.11. The Hall–Kier alpha value is -2.60. The monoisotopic (exact) mass is 327 g/mol. The zero-order valence-corrected chi connectivity index (χ0v) is 13.7. The molecule has 6 heteroatoms. The maximum absolute atomic E-state index is 12.5. The Morgan fingerprint density at radius 2 is 1.78 bits per heavy atom. The predicted molar refractivity (Wildman–Crippen MR) is 90.7 cm³/mol. The van der Waals surface area contributed by atoms with E-state index < -0.39 is 10.0 Å². The van der Waals surface area contributed by atoms with Crippen molar-refractivity contribution < 1.29 is 8.42 Å². The molecule has 3 aromatic rings. The molecule has 0 radical (unpaired) electrons. The number of aromatic amines is 1. The summed E-state index contributed by atoms with van der Waals surface area (Å²) in [6.45, 7) is 3.73. The van der Waals surface area contributed by atoms with Crippen LogP contribution in [0.4, 0.5) is 5.69 Å². The maximum atomic E-state index is 12.5. The first kappa shape index (κ1) is 15.3. The molecule has 0 bridgehead atoms. The fourth-order valence-electron chi connectivity index (χ4n) is 2.43. The summed E-state index contributed by atoms with van der Waals surface area (Å²) in [5.41, 5.74) is 3.17. The van der Waals surface area contributed by atoms with Gasteiger partial charge in [-0.1, -0.05) is 17.7 Å². The van der Waals surface area contributed by atoms with E-state index in [1.165, 1.54) is 0 Å². The fourth-order valence-corrected chi connectivity index (χ4v) is 3.72. The van der Waals surface area contributed by atoms with Crippen molar-refractivity contribution in [2.45, 2.75) is 18.7 Å². The highest BCUT2D eigenvalue weighted by molar-refractivity contribution is 7.92. The van der Waals surface area contributed by atoms with Gasteiger partial charge in [0.25, 0.3) is 10.0 Å². The third-order valence-electron chi connectivity index (χ3n) is 3.53. The summed E-state index contributed by atoms with van der Waals surface area (Å²) >= 11 is 0. The summed E-state index contributed by atoms with van der Waals surface area (Å²) in [7, 11) is -3.60. The van der Waals surface area contributed by atoms with Crippen LogP contribution in [0.15, 0.2) is 59.8 Å². The minimum atomic E-state index is -3.60. The van der Waals surface area contributed by atoms with Crippen molar-refractivity contribution in [1.29, 1.82) is 0 Å². The van der Waals surface area contributed by atoms with Crippen LogP contribution in [0.1, 0.15) is 11.1 Å². The highest BCUT2D eigenvalue weighted by Crippen LogP contribution is 2.22. The molecule has 0 saturated carbocycles. The van der Waals surface area contributed by atoms with Crippen molar-refractivity contribution >= 4 is 15.7 Å². The Morgan fingerprint density at radius 1 is 1.04 bits per heavy atom. The van der Waals surface area contributed by atoms with E-state index in [0.717, 1.165) is 22.5 Å². The first-order chi connectivity index (χ1) is 11.0. The first-order valence-electron chi connectivity index (χ1n) is 7.15. The first-order valence-corrected chi connectivity index (χ1v) is 8.64. The lowest BCUT2D eigenvalue weighted by atomic mass is 10.2. The number of hydrogen-bond donors (Lipinski definition) is 2. The lowest BCUT2D eigenvalue weighted by Crippen LogP contribution is -2.14. The number of rotatable bonds is 4. The molecule has 0 spiro atoms. The van der Waals surface area contributed by atoms with Crippen LogP contribution in [-0.2, 0) is 10.0 Å². The Labute approximate surface area is 135 Å². The Balaban J connectivity index is 1.86. The van der Waals surface area contributed by atoms with Crippen molar-refractivity contribution in [1.82, 2.24) is 9.97 Å². The molecule has 0 unspecified atom stereocenters. The molecule has 5 nitrogen and oxygen atoms in total. The van der Waals surface area contributed by atoms with Crippen LogP contribution < -0.4 is 4.72 Å². The molecule has 3 rings (SSSR count). The van der Waals surface area contributed by atoms with Gasteiger partial charge in [0.15, 0.2) is 0 Å². The number of nitrogens with one attached hydrogen (secondary N) is 2. The summed E-state index contributed by atoms with van der Waals surface area (Å²) in [6.07, 6.45) is 3.41. The van der Waals surface area contributed by atoms with Gasteiger partial charge in [0.2, 0.25) is 0 Å². The largest absolute Gasteiger partial charge is 0.345 e. The smallest absolute Gasteiger partial charge is 0.262 e. The molecular formula is C17H17N3O2S. The number of nitrogens with zero attached hydrogens (tertiary/aromatic N) is 1. The van der Waals surface area contributed by atoms with E-state index in [9.17, 15) is 8.42 Å². The molecule has 0 aliphatic heterocycles. The zero-order valence-electron chi connectivity index (χ0n) is 12.9. The van der Waals surface area contributed by atoms with Crippen LogP contribution in [-0.4, -0.2) is 18.4 Å². The second-order valence-corrected chi connectivity index (χ2v) is 7.04. The van der Waals surface area contributed by atoms with E-state index in [-0.39, 0.29) is 0 Å². The molecule has 1 aromatic heterocycles. The highest BCUT2D eigenvalue weighted by Gasteiger charge is 2.16. The van der Waals surface area contributed by atoms with Crippen molar-refractivity contribution in [3.8, 4) is 11.4 Å². The topological polar surface area (TPSA) is 74.8 Å². The van der Waals surface area contributed by atoms with Gasteiger partial charge in [0.1, 0.15) is 5.82 Å². The van der Waals surface area contributed by atoms with E-state index in [4.69, 9.17) is 0 Å². The van der Waals surface area contributed by atoms with Crippen molar-refractivity contribution in [2.24, 2.45) is 0 Å². The number of H-pyrrole nitrogens is 1. The molecule has 0 atom stereocenters. The molecular weight excluding hydrogens is 310 g/mol. The van der Waals surface area contributed by atoms with Crippen LogP contribution in [0.5, 0.6) is 0 Å². The second kappa shape index (κ2) is 5.89. The van der Waals surface area contributed by atoms with Crippen molar-refractivity contribution in [3.05, 3.63) is 66.0 Å². The van der Waals surface area contributed by atoms with Crippen molar-refractivity contribution in [2.75, 3.05) is 4.72 Å². The maximum Gasteiger partial charge on any atom is 0.262 e. The summed E-state index contributed by atoms with van der Waals surface area (Å²) in [5, 5.41) is 0. The summed E-state index contributed by atoms with van der Waals surface area (Å²) in [4.78, 5) is 7.46. The van der Waals surface area contributed by atoms with Crippen LogP contribution in [0.25, 0.3) is 11.4 Å². The SMILES string of the molecule is Cc1ccc(S(=O)(=O)Nc2ccc(-c3ncc[nH]3)cc2)c(C)c1. The van der Waals surface area contributed by atoms with E-state index >= 15 is 0 Å². The van der Waals surface area contributed by atoms with E-state index in [2.05, 4.69) is 14.7 Å². The molecule has 118 valence electrons. The average Bonchev–Trinajstić information content (AvgIpc) is 3.01. The van der Waals surface area contributed by atoms with Gasteiger partial charge in [-0.2, -0.15) is 0 Å². The number of imidazole rings is 1. The average molecular weight is 327 g/mol. The minimum absolute atomic E-state index is 0.290. The third-order valence-corrected chi connectivity index (χ3v) is 5.07. The lowest BCUT2D eigenvalue weighted by molar-refractivity contribution is 0.600. The minimum Gasteiger partial charge on any atom is -0.345 e. The summed E-state index contributed by atoms with van der Waals surface area (Å²) < 4.78 is 27.6. The summed E-state index contributed by atoms with van der Waals surface area (Å²) in [5.74, 6) is 0.744. The number of aromatic nitrogens is 2. The van der Waals surface area contributed by atoms with E-state index in [0.29, 0.717) is 10.6 Å². The zero-order chi connectivity index (χ0) is 16.4. The van der Waals surface area contributed by atoms with Gasteiger partial charge in [0.05, 0.1) is 4.90 Å². The molecule has 2 N–H and O–H groups in total. The van der Waals surface area contributed by atoms with Crippen LogP contribution in [0, 0.1) is 13.8 Å². The van der Waals surface area contributed by atoms with Gasteiger partial charge < -0.3 is 4.98 Å². The predicted octanol–water partition coefficient (Wildman–Crippen LogP) is 3.49. The normalized spacial score (nSPS) is 11.4. The second-order valence-electron chi connectivity index (χ2n) is 5.39. The van der Waals surface area contributed by atoms with E-state index in [1.54, 1.807) is 43.6 Å². The number of aryl methyl sites for hydroxylation is 2. The molecule has 2 aromatic carbocycles. The molecule has 0 saturated heterocycles. The number of anilines is 1. The Kier molecular flexibility index (Phi) is 3.92. The van der Waals surface area contributed by atoms with Gasteiger partial charge in [0, 0.05) is 23.6 Å². The quantitative estimate of drug-likeness (QED) is 0.770. The number of benzene rings is 2. The van der Waals surface area contributed by atoms with Gasteiger partial charge in [-0.25, -0.2) is 13.4 Å². The Bertz CT molecular complexity index is 915. The fraction of sp³-hybridized carbons (Fsp3) is 0.118. The molecule has 0 fully saturated rings. The molecule has 0 aliphatic rings. The van der Waals surface area contributed by atoms with Gasteiger partial charge in [-0.15, -0.1) is 0 Å². The van der Waals surface area contributed by atoms with Gasteiger partial charge in [-0.05, 0) is 49.7 Å². The van der Waals surface area contributed by atoms with Crippen molar-refractivity contribution in [3.63, 3.8) is 0 Å². The highest BCUT2D eigenvalue weighted by atomic mass is 32.2. The van der Waals surface area contributed by atoms with Gasteiger partial charge >= 0.3 is 0 Å². The molecule has 1 heterocycles. The van der Waals surface area contributed by atoms with Crippen LogP contribution in [0.2, 0.25) is 0 Å². The number of sulfonamides is 1. The standard InChI is InChI=1S/C17H17N3O2S/c1-12-3-8-16(13(2)11-12)23(21,22)20-15-6-4-14(5-7-15)17-18-9-10-19-17/h3-11,20H,1-2H3,(H,18,19).